The quantitative estimate of drug-likeness (QED) is 0.659. The van der Waals surface area contributed by atoms with Gasteiger partial charge in [-0.3, -0.25) is 0 Å². The van der Waals surface area contributed by atoms with Crippen molar-refractivity contribution >= 4 is 32.2 Å². The molecule has 0 aliphatic carbocycles. The average molecular weight is 348 g/mol. The van der Waals surface area contributed by atoms with E-state index in [0.717, 1.165) is 14.6 Å². The van der Waals surface area contributed by atoms with E-state index in [1.807, 2.05) is 24.3 Å². The van der Waals surface area contributed by atoms with Gasteiger partial charge in [-0.05, 0) is 12.1 Å². The number of imidazole rings is 1. The molecule has 0 aliphatic heterocycles. The second-order valence-electron chi connectivity index (χ2n) is 3.77. The summed E-state index contributed by atoms with van der Waals surface area (Å²) in [5.74, 6) is 0. The Morgan fingerprint density at radius 2 is 1.84 bits per heavy atom. The first-order valence-electron chi connectivity index (χ1n) is 5.13. The molecule has 0 spiro atoms. The molecule has 0 N–H and O–H groups in total. The van der Waals surface area contributed by atoms with E-state index in [4.69, 9.17) is 0 Å². The van der Waals surface area contributed by atoms with Gasteiger partial charge < -0.3 is 0 Å². The number of hydrogen-bond donors (Lipinski definition) is 0. The van der Waals surface area contributed by atoms with Crippen LogP contribution in [0.15, 0.2) is 34.9 Å². The van der Waals surface area contributed by atoms with Crippen molar-refractivity contribution in [3.05, 3.63) is 39.9 Å². The lowest BCUT2D eigenvalue weighted by molar-refractivity contribution is -0.138. The number of nitrogens with zero attached hydrogens (tertiary/aromatic N) is 3. The van der Waals surface area contributed by atoms with Gasteiger partial charge in [0.25, 0.3) is 0 Å². The average Bonchev–Trinajstić information content (AvgIpc) is 2.86. The minimum Gasteiger partial charge on any atom is -0.217 e. The highest BCUT2D eigenvalue weighted by atomic mass is 79.9. The molecule has 3 nitrogen and oxygen atoms in total. The first-order chi connectivity index (χ1) is 8.93. The Kier molecular flexibility index (Phi) is 2.86. The van der Waals surface area contributed by atoms with Crippen LogP contribution in [0.4, 0.5) is 13.2 Å². The van der Waals surface area contributed by atoms with E-state index < -0.39 is 11.2 Å². The van der Waals surface area contributed by atoms with Crippen LogP contribution in [0.1, 0.15) is 5.01 Å². The first-order valence-corrected chi connectivity index (χ1v) is 6.74. The Hall–Kier alpha value is -1.41. The Balaban J connectivity index is 2.03. The summed E-state index contributed by atoms with van der Waals surface area (Å²) in [7, 11) is 0. The number of aromatic nitrogens is 3. The van der Waals surface area contributed by atoms with Crippen LogP contribution in [0.2, 0.25) is 0 Å². The molecule has 0 saturated heterocycles. The van der Waals surface area contributed by atoms with Gasteiger partial charge in [0.1, 0.15) is 0 Å². The van der Waals surface area contributed by atoms with Crippen LogP contribution in [0, 0.1) is 0 Å². The summed E-state index contributed by atoms with van der Waals surface area (Å²) in [4.78, 5) is 4.38. The van der Waals surface area contributed by atoms with Crippen LogP contribution in [-0.2, 0) is 6.18 Å². The highest BCUT2D eigenvalue weighted by Crippen LogP contribution is 2.33. The zero-order valence-electron chi connectivity index (χ0n) is 9.15. The predicted molar refractivity (Wildman–Crippen MR) is 69.0 cm³/mol. The Morgan fingerprint density at radius 1 is 1.16 bits per heavy atom. The lowest BCUT2D eigenvalue weighted by Crippen LogP contribution is -2.04. The summed E-state index contributed by atoms with van der Waals surface area (Å²) in [5.41, 5.74) is 1.43. The highest BCUT2D eigenvalue weighted by Gasteiger charge is 2.35. The van der Waals surface area contributed by atoms with E-state index in [0.29, 0.717) is 17.0 Å². The van der Waals surface area contributed by atoms with E-state index >= 15 is 0 Å². The topological polar surface area (TPSA) is 30.2 Å². The summed E-state index contributed by atoms with van der Waals surface area (Å²) in [6, 6.07) is 7.36. The fraction of sp³-hybridized carbons (Fsp3) is 0.0909. The number of alkyl halides is 3. The van der Waals surface area contributed by atoms with Crippen LogP contribution in [0.5, 0.6) is 0 Å². The van der Waals surface area contributed by atoms with Gasteiger partial charge in [-0.2, -0.15) is 13.2 Å². The van der Waals surface area contributed by atoms with Gasteiger partial charge in [0.05, 0.1) is 11.9 Å². The van der Waals surface area contributed by atoms with Crippen molar-refractivity contribution in [3.8, 4) is 11.3 Å². The van der Waals surface area contributed by atoms with Gasteiger partial charge >= 0.3 is 6.18 Å². The molecule has 98 valence electrons. The van der Waals surface area contributed by atoms with E-state index in [1.54, 1.807) is 0 Å². The third-order valence-electron chi connectivity index (χ3n) is 2.43. The monoisotopic (exact) mass is 347 g/mol. The number of halogens is 4. The van der Waals surface area contributed by atoms with Crippen molar-refractivity contribution in [3.63, 3.8) is 0 Å². The SMILES string of the molecule is FC(F)(F)c1nn2cc(-c3ccc(Br)cc3)nc2s1. The normalized spacial score (nSPS) is 12.2. The summed E-state index contributed by atoms with van der Waals surface area (Å²) < 4.78 is 39.5. The predicted octanol–water partition coefficient (Wildman–Crippen LogP) is 4.24. The van der Waals surface area contributed by atoms with Crippen molar-refractivity contribution in [2.45, 2.75) is 6.18 Å². The number of rotatable bonds is 1. The molecule has 0 bridgehead atoms. The van der Waals surface area contributed by atoms with E-state index in [9.17, 15) is 13.2 Å². The van der Waals surface area contributed by atoms with Crippen molar-refractivity contribution in [2.24, 2.45) is 0 Å². The van der Waals surface area contributed by atoms with Gasteiger partial charge in [0.15, 0.2) is 0 Å². The van der Waals surface area contributed by atoms with Crippen LogP contribution in [-0.4, -0.2) is 14.6 Å². The van der Waals surface area contributed by atoms with E-state index in [1.165, 1.54) is 6.20 Å². The number of fused-ring (bicyclic) bond motifs is 1. The van der Waals surface area contributed by atoms with Crippen molar-refractivity contribution in [1.82, 2.24) is 14.6 Å². The molecule has 1 aromatic carbocycles. The molecule has 0 aliphatic rings. The smallest absolute Gasteiger partial charge is 0.217 e. The van der Waals surface area contributed by atoms with E-state index in [-0.39, 0.29) is 4.96 Å². The largest absolute Gasteiger partial charge is 0.445 e. The summed E-state index contributed by atoms with van der Waals surface area (Å²) in [6.45, 7) is 0. The van der Waals surface area contributed by atoms with Crippen LogP contribution in [0.25, 0.3) is 16.2 Å². The maximum absolute atomic E-state index is 12.5. The zero-order chi connectivity index (χ0) is 13.6. The molecule has 0 radical (unpaired) electrons. The van der Waals surface area contributed by atoms with Gasteiger partial charge in [-0.25, -0.2) is 9.50 Å². The molecule has 2 heterocycles. The van der Waals surface area contributed by atoms with Gasteiger partial charge in [-0.1, -0.05) is 39.4 Å². The van der Waals surface area contributed by atoms with Crippen LogP contribution >= 0.6 is 27.3 Å². The van der Waals surface area contributed by atoms with Crippen LogP contribution in [0.3, 0.4) is 0 Å². The number of benzene rings is 1. The molecule has 0 saturated carbocycles. The standard InChI is InChI=1S/C11H5BrF3N3S/c12-7-3-1-6(2-4-7)8-5-18-10(16-8)19-9(17-18)11(13,14)15/h1-5H. The van der Waals surface area contributed by atoms with Gasteiger partial charge in [0, 0.05) is 10.0 Å². The molecule has 0 amide bonds. The minimum atomic E-state index is -4.43. The summed E-state index contributed by atoms with van der Waals surface area (Å²) in [5, 5.41) is 2.59. The molecule has 3 aromatic rings. The van der Waals surface area contributed by atoms with Crippen molar-refractivity contribution in [2.75, 3.05) is 0 Å². The lowest BCUT2D eigenvalue weighted by Gasteiger charge is -1.98. The molecule has 19 heavy (non-hydrogen) atoms. The molecule has 0 unspecified atom stereocenters. The van der Waals surface area contributed by atoms with Crippen molar-refractivity contribution < 1.29 is 13.2 Å². The minimum absolute atomic E-state index is 0.227. The third kappa shape index (κ3) is 2.37. The highest BCUT2D eigenvalue weighted by molar-refractivity contribution is 9.10. The summed E-state index contributed by atoms with van der Waals surface area (Å²) >= 11 is 3.84. The molecule has 2 aromatic heterocycles. The fourth-order valence-corrected chi connectivity index (χ4v) is 2.59. The molecule has 8 heteroatoms. The Bertz CT molecular complexity index is 698. The second-order valence-corrected chi connectivity index (χ2v) is 5.64. The van der Waals surface area contributed by atoms with E-state index in [2.05, 4.69) is 26.0 Å². The second kappa shape index (κ2) is 4.31. The molecular weight excluding hydrogens is 343 g/mol. The molecule has 0 fully saturated rings. The molecule has 3 rings (SSSR count). The van der Waals surface area contributed by atoms with Gasteiger partial charge in [-0.15, -0.1) is 5.10 Å². The zero-order valence-corrected chi connectivity index (χ0v) is 11.6. The molecular formula is C11H5BrF3N3S. The Labute approximate surface area is 117 Å². The Morgan fingerprint density at radius 3 is 2.42 bits per heavy atom. The maximum atomic E-state index is 12.5. The van der Waals surface area contributed by atoms with Crippen molar-refractivity contribution in [1.29, 1.82) is 0 Å². The fourth-order valence-electron chi connectivity index (χ4n) is 1.57. The first kappa shape index (κ1) is 12.6. The maximum Gasteiger partial charge on any atom is 0.445 e. The lowest BCUT2D eigenvalue weighted by atomic mass is 10.2. The number of hydrogen-bond acceptors (Lipinski definition) is 3. The summed E-state index contributed by atoms with van der Waals surface area (Å²) in [6.07, 6.45) is -2.94. The van der Waals surface area contributed by atoms with Crippen LogP contribution < -0.4 is 0 Å². The molecule has 0 atom stereocenters. The van der Waals surface area contributed by atoms with Gasteiger partial charge in [0.2, 0.25) is 9.97 Å². The third-order valence-corrected chi connectivity index (χ3v) is 3.92.